The van der Waals surface area contributed by atoms with E-state index in [1.54, 1.807) is 4.90 Å². The maximum absolute atomic E-state index is 13.5. The van der Waals surface area contributed by atoms with Crippen molar-refractivity contribution in [3.8, 4) is 0 Å². The highest BCUT2D eigenvalue weighted by atomic mass is 16.6. The van der Waals surface area contributed by atoms with Crippen LogP contribution in [-0.4, -0.2) is 53.3 Å². The van der Waals surface area contributed by atoms with E-state index in [1.165, 1.54) is 5.01 Å². The summed E-state index contributed by atoms with van der Waals surface area (Å²) >= 11 is 0. The number of unbranched alkanes of at least 4 members (excludes halogenated alkanes) is 2. The Labute approximate surface area is 198 Å². The predicted molar refractivity (Wildman–Crippen MR) is 127 cm³/mol. The van der Waals surface area contributed by atoms with Crippen LogP contribution in [0.5, 0.6) is 0 Å². The van der Waals surface area contributed by atoms with Gasteiger partial charge in [-0.15, -0.1) is 0 Å². The molecule has 1 aliphatic rings. The molecule has 8 nitrogen and oxygen atoms in total. The van der Waals surface area contributed by atoms with Gasteiger partial charge in [-0.2, -0.15) is 0 Å². The molecule has 2 atom stereocenters. The van der Waals surface area contributed by atoms with Crippen LogP contribution in [0.15, 0.2) is 30.3 Å². The van der Waals surface area contributed by atoms with E-state index in [-0.39, 0.29) is 30.7 Å². The number of hydrogen-bond acceptors (Lipinski definition) is 5. The molecule has 0 saturated carbocycles. The van der Waals surface area contributed by atoms with E-state index in [4.69, 9.17) is 4.84 Å². The van der Waals surface area contributed by atoms with Gasteiger partial charge in [-0.3, -0.25) is 24.2 Å². The Morgan fingerprint density at radius 2 is 1.88 bits per heavy atom. The van der Waals surface area contributed by atoms with E-state index >= 15 is 0 Å². The molecule has 2 N–H and O–H groups in total. The van der Waals surface area contributed by atoms with E-state index < -0.39 is 12.0 Å². The second-order valence-corrected chi connectivity index (χ2v) is 8.48. The highest BCUT2D eigenvalue weighted by molar-refractivity contribution is 5.90. The minimum atomic E-state index is -0.530. The third kappa shape index (κ3) is 8.44. The summed E-state index contributed by atoms with van der Waals surface area (Å²) in [5.74, 6) is -1.06. The lowest BCUT2D eigenvalue weighted by atomic mass is 9.94. The maximum atomic E-state index is 13.5. The summed E-state index contributed by atoms with van der Waals surface area (Å²) < 4.78 is 0. The van der Waals surface area contributed by atoms with Gasteiger partial charge in [0.1, 0.15) is 6.04 Å². The third-order valence-corrected chi connectivity index (χ3v) is 6.05. The Hall–Kier alpha value is -2.45. The molecule has 0 aromatic heterocycles. The number of hydrazine groups is 1. The monoisotopic (exact) mass is 460 g/mol. The average Bonchev–Trinajstić information content (AvgIpc) is 2.84. The standard InChI is InChI=1S/C25H40N4O4/c1-4-7-9-15-21(18-23(30)27-33-19-20-13-10-8-11-14-20)24(31)29-22(16-12-17-26-29)25(32)28(5-2)6-3/h8,10-11,13-14,21-22,26H,4-7,9,12,15-19H2,1-3H3,(H,27,30)/t21-,22+/m1/s1. The summed E-state index contributed by atoms with van der Waals surface area (Å²) in [6.45, 7) is 8.10. The molecule has 0 radical (unpaired) electrons. The van der Waals surface area contributed by atoms with Gasteiger partial charge in [-0.1, -0.05) is 56.5 Å². The van der Waals surface area contributed by atoms with Crippen LogP contribution in [-0.2, 0) is 25.8 Å². The van der Waals surface area contributed by atoms with Crippen LogP contribution in [0.2, 0.25) is 0 Å². The third-order valence-electron chi connectivity index (χ3n) is 6.05. The van der Waals surface area contributed by atoms with Crippen molar-refractivity contribution in [2.45, 2.75) is 78.4 Å². The number of benzene rings is 1. The number of rotatable bonds is 13. The summed E-state index contributed by atoms with van der Waals surface area (Å²) in [4.78, 5) is 46.2. The lowest BCUT2D eigenvalue weighted by molar-refractivity contribution is -0.155. The van der Waals surface area contributed by atoms with Crippen LogP contribution in [0.25, 0.3) is 0 Å². The number of amides is 3. The van der Waals surface area contributed by atoms with E-state index in [0.717, 1.165) is 31.2 Å². The smallest absolute Gasteiger partial charge is 0.246 e. The predicted octanol–water partition coefficient (Wildman–Crippen LogP) is 3.19. The average molecular weight is 461 g/mol. The zero-order chi connectivity index (χ0) is 24.1. The lowest BCUT2D eigenvalue weighted by Crippen LogP contribution is -2.60. The second kappa shape index (κ2) is 14.6. The van der Waals surface area contributed by atoms with Crippen molar-refractivity contribution >= 4 is 17.7 Å². The van der Waals surface area contributed by atoms with Crippen molar-refractivity contribution in [3.63, 3.8) is 0 Å². The summed E-state index contributed by atoms with van der Waals surface area (Å²) in [7, 11) is 0. The molecule has 1 heterocycles. The molecule has 0 spiro atoms. The largest absolute Gasteiger partial charge is 0.341 e. The van der Waals surface area contributed by atoms with E-state index in [9.17, 15) is 14.4 Å². The molecule has 184 valence electrons. The van der Waals surface area contributed by atoms with Crippen molar-refractivity contribution in [1.29, 1.82) is 0 Å². The van der Waals surface area contributed by atoms with Gasteiger partial charge in [-0.25, -0.2) is 10.9 Å². The van der Waals surface area contributed by atoms with E-state index in [0.29, 0.717) is 32.5 Å². The van der Waals surface area contributed by atoms with Gasteiger partial charge in [0.2, 0.25) is 17.7 Å². The molecule has 8 heteroatoms. The van der Waals surface area contributed by atoms with Crippen LogP contribution in [0, 0.1) is 5.92 Å². The summed E-state index contributed by atoms with van der Waals surface area (Å²) in [6.07, 6.45) is 4.96. The fourth-order valence-electron chi connectivity index (χ4n) is 4.14. The molecule has 0 unspecified atom stereocenters. The highest BCUT2D eigenvalue weighted by Gasteiger charge is 2.37. The van der Waals surface area contributed by atoms with Gasteiger partial charge < -0.3 is 4.90 Å². The quantitative estimate of drug-likeness (QED) is 0.349. The molecule has 1 aromatic carbocycles. The number of hydrogen-bond donors (Lipinski definition) is 2. The molecule has 1 fully saturated rings. The van der Waals surface area contributed by atoms with Gasteiger partial charge in [-0.05, 0) is 38.7 Å². The normalized spacial score (nSPS) is 16.8. The Morgan fingerprint density at radius 3 is 2.55 bits per heavy atom. The van der Waals surface area contributed by atoms with Crippen LogP contribution in [0.3, 0.4) is 0 Å². The van der Waals surface area contributed by atoms with Gasteiger partial charge in [0.25, 0.3) is 0 Å². The van der Waals surface area contributed by atoms with Gasteiger partial charge >= 0.3 is 0 Å². The number of hydroxylamine groups is 1. The first-order valence-corrected chi connectivity index (χ1v) is 12.3. The molecular formula is C25H40N4O4. The van der Waals surface area contributed by atoms with E-state index in [2.05, 4.69) is 17.8 Å². The number of carbonyl (C=O) groups is 3. The van der Waals surface area contributed by atoms with Crippen molar-refractivity contribution < 1.29 is 19.2 Å². The number of nitrogens with zero attached hydrogens (tertiary/aromatic N) is 2. The first kappa shape index (κ1) is 26.8. The van der Waals surface area contributed by atoms with Crippen molar-refractivity contribution in [2.24, 2.45) is 5.92 Å². The number of carbonyl (C=O) groups excluding carboxylic acids is 3. The Bertz CT molecular complexity index is 739. The molecule has 3 amide bonds. The zero-order valence-electron chi connectivity index (χ0n) is 20.3. The molecule has 0 bridgehead atoms. The first-order chi connectivity index (χ1) is 16.0. The summed E-state index contributed by atoms with van der Waals surface area (Å²) in [5, 5.41) is 1.50. The fraction of sp³-hybridized carbons (Fsp3) is 0.640. The van der Waals surface area contributed by atoms with Crippen molar-refractivity contribution in [3.05, 3.63) is 35.9 Å². The van der Waals surface area contributed by atoms with Crippen LogP contribution in [0.4, 0.5) is 0 Å². The fourth-order valence-corrected chi connectivity index (χ4v) is 4.14. The SMILES string of the molecule is CCCCC[C@H](CC(=O)NOCc1ccccc1)C(=O)N1NCCC[C@H]1C(=O)N(CC)CC. The topological polar surface area (TPSA) is 91.0 Å². The first-order valence-electron chi connectivity index (χ1n) is 12.3. The van der Waals surface area contributed by atoms with Gasteiger partial charge in [0.15, 0.2) is 0 Å². The lowest BCUT2D eigenvalue weighted by Gasteiger charge is -2.39. The number of nitrogens with one attached hydrogen (secondary N) is 2. The summed E-state index contributed by atoms with van der Waals surface area (Å²) in [5.41, 5.74) is 6.56. The summed E-state index contributed by atoms with van der Waals surface area (Å²) in [6, 6.07) is 9.03. The Morgan fingerprint density at radius 1 is 1.15 bits per heavy atom. The molecule has 33 heavy (non-hydrogen) atoms. The van der Waals surface area contributed by atoms with Crippen LogP contribution < -0.4 is 10.9 Å². The molecule has 2 rings (SSSR count). The number of likely N-dealkylation sites (N-methyl/N-ethyl adjacent to an activating group) is 1. The molecule has 0 aliphatic carbocycles. The Balaban J connectivity index is 2.02. The molecular weight excluding hydrogens is 420 g/mol. The molecule has 1 saturated heterocycles. The Kier molecular flexibility index (Phi) is 11.9. The molecule has 1 aromatic rings. The maximum Gasteiger partial charge on any atom is 0.246 e. The second-order valence-electron chi connectivity index (χ2n) is 8.48. The van der Waals surface area contributed by atoms with Crippen molar-refractivity contribution in [1.82, 2.24) is 20.8 Å². The minimum absolute atomic E-state index is 0.0295. The zero-order valence-corrected chi connectivity index (χ0v) is 20.3. The van der Waals surface area contributed by atoms with Crippen LogP contribution in [0.1, 0.15) is 71.3 Å². The van der Waals surface area contributed by atoms with E-state index in [1.807, 2.05) is 44.2 Å². The minimum Gasteiger partial charge on any atom is -0.341 e. The van der Waals surface area contributed by atoms with Gasteiger partial charge in [0.05, 0.1) is 6.61 Å². The van der Waals surface area contributed by atoms with Crippen molar-refractivity contribution in [2.75, 3.05) is 19.6 Å². The molecule has 1 aliphatic heterocycles. The van der Waals surface area contributed by atoms with Crippen LogP contribution >= 0.6 is 0 Å². The van der Waals surface area contributed by atoms with Gasteiger partial charge in [0, 0.05) is 32.0 Å². The highest BCUT2D eigenvalue weighted by Crippen LogP contribution is 2.22.